The monoisotopic (exact) mass is 418 g/mol. The number of ether oxygens (including phenoxy) is 1. The summed E-state index contributed by atoms with van der Waals surface area (Å²) in [6, 6.07) is 31.8. The van der Waals surface area contributed by atoms with E-state index in [2.05, 4.69) is 106 Å². The Morgan fingerprint density at radius 3 is 1.59 bits per heavy atom. The van der Waals surface area contributed by atoms with E-state index in [-0.39, 0.29) is 5.41 Å². The average molecular weight is 419 g/mol. The Morgan fingerprint density at radius 2 is 1.12 bits per heavy atom. The molecule has 0 saturated heterocycles. The third-order valence-corrected chi connectivity index (χ3v) is 6.84. The van der Waals surface area contributed by atoms with Crippen molar-refractivity contribution in [3.8, 4) is 16.9 Å². The lowest BCUT2D eigenvalue weighted by Crippen LogP contribution is -2.28. The zero-order valence-corrected chi connectivity index (χ0v) is 19.4. The summed E-state index contributed by atoms with van der Waals surface area (Å²) in [5.74, 6) is 0.916. The molecule has 5 rings (SSSR count). The normalized spacial score (nSPS) is 13.5. The van der Waals surface area contributed by atoms with Crippen molar-refractivity contribution in [2.75, 3.05) is 6.61 Å². The lowest BCUT2D eigenvalue weighted by Gasteiger charge is -2.34. The van der Waals surface area contributed by atoms with Gasteiger partial charge in [-0.1, -0.05) is 90.8 Å². The highest BCUT2D eigenvalue weighted by atomic mass is 16.5. The van der Waals surface area contributed by atoms with Gasteiger partial charge in [-0.15, -0.1) is 0 Å². The minimum absolute atomic E-state index is 0.347. The van der Waals surface area contributed by atoms with Crippen LogP contribution < -0.4 is 4.74 Å². The molecule has 32 heavy (non-hydrogen) atoms. The largest absolute Gasteiger partial charge is 0.494 e. The van der Waals surface area contributed by atoms with E-state index in [4.69, 9.17) is 4.74 Å². The predicted molar refractivity (Wildman–Crippen MR) is 134 cm³/mol. The van der Waals surface area contributed by atoms with Gasteiger partial charge in [-0.2, -0.15) is 0 Å². The van der Waals surface area contributed by atoms with Crippen molar-refractivity contribution in [3.63, 3.8) is 0 Å². The number of aryl methyl sites for hydroxylation is 3. The first kappa shape index (κ1) is 20.6. The summed E-state index contributed by atoms with van der Waals surface area (Å²) in [4.78, 5) is 0. The maximum absolute atomic E-state index is 5.77. The van der Waals surface area contributed by atoms with E-state index in [0.29, 0.717) is 6.61 Å². The van der Waals surface area contributed by atoms with Gasteiger partial charge in [0.2, 0.25) is 0 Å². The molecule has 0 N–H and O–H groups in total. The van der Waals surface area contributed by atoms with Crippen LogP contribution in [0.25, 0.3) is 11.1 Å². The molecule has 1 nitrogen and oxygen atoms in total. The highest BCUT2D eigenvalue weighted by Gasteiger charge is 2.46. The molecule has 0 spiro atoms. The SMILES string of the molecule is CCOc1ccc(C2(c3ccc(CC)cc3)c3cc(C)ccc3-c3ccc(C)cc32)cc1. The first-order chi connectivity index (χ1) is 15.6. The Balaban J connectivity index is 1.88. The van der Waals surface area contributed by atoms with E-state index in [1.165, 1.54) is 50.1 Å². The molecule has 4 aromatic carbocycles. The molecule has 0 amide bonds. The van der Waals surface area contributed by atoms with Gasteiger partial charge in [0, 0.05) is 0 Å². The van der Waals surface area contributed by atoms with Crippen molar-refractivity contribution in [2.24, 2.45) is 0 Å². The summed E-state index contributed by atoms with van der Waals surface area (Å²) in [6.45, 7) is 9.30. The first-order valence-electron chi connectivity index (χ1n) is 11.6. The Hall–Kier alpha value is -3.32. The summed E-state index contributed by atoms with van der Waals surface area (Å²) in [5, 5.41) is 0. The predicted octanol–water partition coefficient (Wildman–Crippen LogP) is 7.63. The maximum Gasteiger partial charge on any atom is 0.119 e. The third-order valence-electron chi connectivity index (χ3n) is 6.84. The van der Waals surface area contributed by atoms with Crippen molar-refractivity contribution in [3.05, 3.63) is 124 Å². The molecular weight excluding hydrogens is 388 g/mol. The molecule has 0 radical (unpaired) electrons. The molecule has 1 aliphatic rings. The molecule has 0 fully saturated rings. The highest BCUT2D eigenvalue weighted by molar-refractivity contribution is 5.86. The van der Waals surface area contributed by atoms with Gasteiger partial charge >= 0.3 is 0 Å². The van der Waals surface area contributed by atoms with Gasteiger partial charge in [-0.3, -0.25) is 0 Å². The number of rotatable bonds is 5. The molecule has 0 aliphatic heterocycles. The van der Waals surface area contributed by atoms with E-state index in [9.17, 15) is 0 Å². The maximum atomic E-state index is 5.77. The van der Waals surface area contributed by atoms with Crippen LogP contribution >= 0.6 is 0 Å². The fourth-order valence-electron chi connectivity index (χ4n) is 5.30. The molecule has 160 valence electrons. The van der Waals surface area contributed by atoms with Crippen LogP contribution in [0.5, 0.6) is 5.75 Å². The molecule has 0 atom stereocenters. The Kier molecular flexibility index (Phi) is 5.13. The van der Waals surface area contributed by atoms with E-state index in [1.807, 2.05) is 6.92 Å². The van der Waals surface area contributed by atoms with Crippen molar-refractivity contribution >= 4 is 0 Å². The van der Waals surface area contributed by atoms with E-state index < -0.39 is 0 Å². The van der Waals surface area contributed by atoms with Gasteiger partial charge in [0.15, 0.2) is 0 Å². The minimum Gasteiger partial charge on any atom is -0.494 e. The molecule has 0 heterocycles. The van der Waals surface area contributed by atoms with Crippen LogP contribution in [0.15, 0.2) is 84.9 Å². The minimum atomic E-state index is -0.347. The van der Waals surface area contributed by atoms with Crippen LogP contribution in [0.2, 0.25) is 0 Å². The summed E-state index contributed by atoms with van der Waals surface area (Å²) in [5.41, 5.74) is 11.6. The second-order valence-electron chi connectivity index (χ2n) is 8.86. The van der Waals surface area contributed by atoms with Gasteiger partial charge in [0.05, 0.1) is 12.0 Å². The second-order valence-corrected chi connectivity index (χ2v) is 8.86. The molecular formula is C31H30O. The smallest absolute Gasteiger partial charge is 0.119 e. The van der Waals surface area contributed by atoms with Crippen molar-refractivity contribution in [2.45, 2.75) is 39.5 Å². The molecule has 0 bridgehead atoms. The van der Waals surface area contributed by atoms with Crippen LogP contribution in [-0.2, 0) is 11.8 Å². The van der Waals surface area contributed by atoms with Crippen LogP contribution in [-0.4, -0.2) is 6.61 Å². The third kappa shape index (κ3) is 3.07. The van der Waals surface area contributed by atoms with Gasteiger partial charge in [0.1, 0.15) is 5.75 Å². The zero-order chi connectivity index (χ0) is 22.3. The summed E-state index contributed by atoms with van der Waals surface area (Å²) in [7, 11) is 0. The first-order valence-corrected chi connectivity index (χ1v) is 11.6. The molecule has 0 saturated carbocycles. The quantitative estimate of drug-likeness (QED) is 0.285. The lowest BCUT2D eigenvalue weighted by atomic mass is 9.67. The molecule has 1 heteroatoms. The lowest BCUT2D eigenvalue weighted by molar-refractivity contribution is 0.340. The van der Waals surface area contributed by atoms with Crippen molar-refractivity contribution in [1.29, 1.82) is 0 Å². The van der Waals surface area contributed by atoms with Crippen LogP contribution in [0, 0.1) is 13.8 Å². The van der Waals surface area contributed by atoms with Crippen LogP contribution in [0.3, 0.4) is 0 Å². The number of hydrogen-bond acceptors (Lipinski definition) is 1. The Morgan fingerprint density at radius 1 is 0.625 bits per heavy atom. The Bertz CT molecular complexity index is 1210. The zero-order valence-electron chi connectivity index (χ0n) is 19.4. The number of benzene rings is 4. The van der Waals surface area contributed by atoms with Gasteiger partial charge in [-0.05, 0) is 78.3 Å². The van der Waals surface area contributed by atoms with Gasteiger partial charge in [0.25, 0.3) is 0 Å². The Labute approximate surface area is 191 Å². The summed E-state index contributed by atoms with van der Waals surface area (Å²) in [6.07, 6.45) is 1.04. The second kappa shape index (κ2) is 7.98. The van der Waals surface area contributed by atoms with E-state index in [1.54, 1.807) is 0 Å². The summed E-state index contributed by atoms with van der Waals surface area (Å²) < 4.78 is 5.77. The average Bonchev–Trinajstić information content (AvgIpc) is 3.09. The van der Waals surface area contributed by atoms with Crippen LogP contribution in [0.4, 0.5) is 0 Å². The van der Waals surface area contributed by atoms with E-state index >= 15 is 0 Å². The molecule has 4 aromatic rings. The van der Waals surface area contributed by atoms with Crippen LogP contribution in [0.1, 0.15) is 52.8 Å². The molecule has 0 unspecified atom stereocenters. The van der Waals surface area contributed by atoms with Crippen molar-refractivity contribution < 1.29 is 4.74 Å². The van der Waals surface area contributed by atoms with E-state index in [0.717, 1.165) is 12.2 Å². The topological polar surface area (TPSA) is 9.23 Å². The number of hydrogen-bond donors (Lipinski definition) is 0. The molecule has 0 aromatic heterocycles. The van der Waals surface area contributed by atoms with Crippen molar-refractivity contribution in [1.82, 2.24) is 0 Å². The fraction of sp³-hybridized carbons (Fsp3) is 0.226. The fourth-order valence-corrected chi connectivity index (χ4v) is 5.30. The standard InChI is InChI=1S/C31H30O/c1-5-23-9-11-24(12-10-23)31(25-13-15-26(16-14-25)32-6-2)29-19-21(3)7-17-27(29)28-18-8-22(4)20-30(28)31/h7-20H,5-6H2,1-4H3. The molecule has 1 aliphatic carbocycles. The number of fused-ring (bicyclic) bond motifs is 3. The van der Waals surface area contributed by atoms with Gasteiger partial charge < -0.3 is 4.74 Å². The highest BCUT2D eigenvalue weighted by Crippen LogP contribution is 2.56. The summed E-state index contributed by atoms with van der Waals surface area (Å²) >= 11 is 0. The van der Waals surface area contributed by atoms with Gasteiger partial charge in [-0.25, -0.2) is 0 Å².